The molecular formula is C30H30Cl2FN7O2. The molecule has 0 aromatic heterocycles. The number of halogens is 3. The summed E-state index contributed by atoms with van der Waals surface area (Å²) in [4.78, 5) is 29.6. The van der Waals surface area contributed by atoms with Crippen LogP contribution in [0.15, 0.2) is 53.7 Å². The summed E-state index contributed by atoms with van der Waals surface area (Å²) in [6, 6.07) is 12.3. The Bertz CT molecular complexity index is 1710. The van der Waals surface area contributed by atoms with Gasteiger partial charge in [-0.25, -0.2) is 19.2 Å². The topological polar surface area (TPSA) is 87.9 Å². The number of pyridine rings is 1. The molecule has 6 rings (SSSR count). The lowest BCUT2D eigenvalue weighted by Crippen LogP contribution is -2.50. The molecule has 0 radical (unpaired) electrons. The average Bonchev–Trinajstić information content (AvgIpc) is 3.43. The number of amides is 1. The predicted molar refractivity (Wildman–Crippen MR) is 162 cm³/mol. The number of anilines is 2. The standard InChI is InChI=1S/C30H30Cl2FN7O2/c1-30(2,3)42-29(41)39-12-10-38(11-13-39)25-7-5-20(16-24(25)33)36-28-35-17-18-14-22(21-6-4-19(31)15-23(21)32)27-34-8-9-40(27)26(18)37-28/h4-7,14-17,34H,8-13H2,1-3H3. The van der Waals surface area contributed by atoms with Gasteiger partial charge in [0.1, 0.15) is 23.1 Å². The third-order valence-electron chi connectivity index (χ3n) is 7.15. The molecule has 1 N–H and O–H groups in total. The van der Waals surface area contributed by atoms with Crippen molar-refractivity contribution >= 4 is 46.5 Å². The molecule has 9 nitrogen and oxygen atoms in total. The highest BCUT2D eigenvalue weighted by Gasteiger charge is 2.27. The van der Waals surface area contributed by atoms with Gasteiger partial charge >= 0.3 is 6.09 Å². The largest absolute Gasteiger partial charge is 0.444 e. The number of carbonyl (C=O) groups excluding carboxylic acids is 1. The normalized spacial score (nSPS) is 15.6. The van der Waals surface area contributed by atoms with Crippen LogP contribution in [-0.4, -0.2) is 63.9 Å². The second-order valence-electron chi connectivity index (χ2n) is 11.3. The van der Waals surface area contributed by atoms with Gasteiger partial charge in [0.05, 0.1) is 16.4 Å². The van der Waals surface area contributed by atoms with Crippen LogP contribution >= 0.6 is 23.2 Å². The van der Waals surface area contributed by atoms with E-state index in [0.717, 1.165) is 34.9 Å². The first kappa shape index (κ1) is 28.2. The highest BCUT2D eigenvalue weighted by Crippen LogP contribution is 2.40. The minimum absolute atomic E-state index is 0.236. The molecular weight excluding hydrogens is 580 g/mol. The van der Waals surface area contributed by atoms with Crippen molar-refractivity contribution < 1.29 is 13.9 Å². The van der Waals surface area contributed by atoms with Gasteiger partial charge in [-0.2, -0.15) is 4.98 Å². The van der Waals surface area contributed by atoms with Crippen LogP contribution < -0.4 is 15.8 Å². The van der Waals surface area contributed by atoms with Crippen molar-refractivity contribution in [2.75, 3.05) is 42.9 Å². The van der Waals surface area contributed by atoms with Crippen LogP contribution in [0.2, 0.25) is 10.0 Å². The number of benzene rings is 2. The van der Waals surface area contributed by atoms with Crippen LogP contribution in [0.3, 0.4) is 0 Å². The Labute approximate surface area is 252 Å². The van der Waals surface area contributed by atoms with Gasteiger partial charge in [0.2, 0.25) is 0 Å². The summed E-state index contributed by atoms with van der Waals surface area (Å²) in [5.74, 6) is 1.22. The number of carbonyl (C=O) groups is 1. The van der Waals surface area contributed by atoms with Crippen molar-refractivity contribution in [2.24, 2.45) is 4.99 Å². The van der Waals surface area contributed by atoms with E-state index in [4.69, 9.17) is 32.9 Å². The lowest BCUT2D eigenvalue weighted by atomic mass is 10.0. The van der Waals surface area contributed by atoms with Crippen LogP contribution in [0.5, 0.6) is 0 Å². The lowest BCUT2D eigenvalue weighted by molar-refractivity contribution is 0.0240. The lowest BCUT2D eigenvalue weighted by Gasteiger charge is -2.36. The fourth-order valence-electron chi connectivity index (χ4n) is 5.22. The Morgan fingerprint density at radius 2 is 1.81 bits per heavy atom. The molecule has 42 heavy (non-hydrogen) atoms. The first-order valence-corrected chi connectivity index (χ1v) is 14.5. The van der Waals surface area contributed by atoms with E-state index < -0.39 is 11.4 Å². The van der Waals surface area contributed by atoms with Crippen molar-refractivity contribution in [1.82, 2.24) is 19.4 Å². The molecule has 12 heteroatoms. The number of aromatic nitrogens is 3. The third kappa shape index (κ3) is 5.73. The molecule has 4 aliphatic heterocycles. The van der Waals surface area contributed by atoms with Crippen LogP contribution in [0, 0.1) is 5.82 Å². The second kappa shape index (κ2) is 11.1. The molecule has 4 aliphatic rings. The van der Waals surface area contributed by atoms with Crippen LogP contribution in [0.25, 0.3) is 22.5 Å². The van der Waals surface area contributed by atoms with E-state index in [-0.39, 0.29) is 11.7 Å². The maximum Gasteiger partial charge on any atom is 0.410 e. The van der Waals surface area contributed by atoms with Crippen molar-refractivity contribution in [3.63, 3.8) is 0 Å². The van der Waals surface area contributed by atoms with E-state index in [2.05, 4.69) is 19.9 Å². The van der Waals surface area contributed by atoms with Crippen LogP contribution in [-0.2, 0) is 11.3 Å². The number of rotatable bonds is 3. The van der Waals surface area contributed by atoms with Gasteiger partial charge < -0.3 is 24.4 Å². The quantitative estimate of drug-likeness (QED) is 0.297. The predicted octanol–water partition coefficient (Wildman–Crippen LogP) is 6.21. The van der Waals surface area contributed by atoms with E-state index >= 15 is 4.39 Å². The highest BCUT2D eigenvalue weighted by atomic mass is 35.5. The number of hydrogen-bond acceptors (Lipinski definition) is 7. The highest BCUT2D eigenvalue weighted by molar-refractivity contribution is 6.36. The number of fused-ring (bicyclic) bond motifs is 3. The number of ether oxygens (including phenoxy) is 1. The van der Waals surface area contributed by atoms with Gasteiger partial charge in [-0.15, -0.1) is 0 Å². The number of nitrogens with one attached hydrogen (secondary N) is 1. The average molecular weight is 611 g/mol. The number of hydrogen-bond donors (Lipinski definition) is 1. The molecule has 218 valence electrons. The first-order valence-electron chi connectivity index (χ1n) is 13.7. The number of piperazine rings is 1. The maximum absolute atomic E-state index is 15.2. The zero-order valence-corrected chi connectivity index (χ0v) is 25.0. The molecule has 0 atom stereocenters. The van der Waals surface area contributed by atoms with E-state index in [9.17, 15) is 4.79 Å². The third-order valence-corrected chi connectivity index (χ3v) is 7.69. The molecule has 1 saturated heterocycles. The molecule has 1 fully saturated rings. The fraction of sp³-hybridized carbons (Fsp3) is 0.333. The minimum Gasteiger partial charge on any atom is -0.444 e. The maximum atomic E-state index is 15.2. The molecule has 0 spiro atoms. The van der Waals surface area contributed by atoms with Gasteiger partial charge in [-0.3, -0.25) is 0 Å². The van der Waals surface area contributed by atoms with E-state index in [0.29, 0.717) is 54.1 Å². The van der Waals surface area contributed by atoms with Gasteiger partial charge in [0.15, 0.2) is 0 Å². The smallest absolute Gasteiger partial charge is 0.410 e. The monoisotopic (exact) mass is 609 g/mol. The SMILES string of the molecule is CC(C)(C)OC(=O)N1CCN(c2ccc(N=c3ncc4cc(-c5ccc(Cl)cc5Cl)c5n(c-4n3)CCN5)cc2F)CC1. The first-order chi connectivity index (χ1) is 20.1. The van der Waals surface area contributed by atoms with Gasteiger partial charge in [-0.05, 0) is 51.1 Å². The Balaban J connectivity index is 1.24. The molecule has 0 unspecified atom stereocenters. The summed E-state index contributed by atoms with van der Waals surface area (Å²) in [7, 11) is 0. The Hall–Kier alpha value is -3.89. The summed E-state index contributed by atoms with van der Waals surface area (Å²) < 4.78 is 22.8. The summed E-state index contributed by atoms with van der Waals surface area (Å²) in [5, 5.41) is 4.56. The second-order valence-corrected chi connectivity index (χ2v) is 12.1. The van der Waals surface area contributed by atoms with Gasteiger partial charge in [0.25, 0.3) is 5.62 Å². The molecule has 1 amide bonds. The molecule has 0 bridgehead atoms. The summed E-state index contributed by atoms with van der Waals surface area (Å²) in [6.45, 7) is 8.87. The Kier molecular flexibility index (Phi) is 7.44. The molecule has 4 heterocycles. The number of nitrogens with zero attached hydrogens (tertiary/aromatic N) is 6. The summed E-state index contributed by atoms with van der Waals surface area (Å²) >= 11 is 12.6. The van der Waals surface area contributed by atoms with Crippen LogP contribution in [0.1, 0.15) is 20.8 Å². The molecule has 2 aromatic carbocycles. The Morgan fingerprint density at radius 1 is 1.02 bits per heavy atom. The summed E-state index contributed by atoms with van der Waals surface area (Å²) in [5.41, 5.74) is 3.17. The minimum atomic E-state index is -0.557. The summed E-state index contributed by atoms with van der Waals surface area (Å²) in [6.07, 6.45) is 1.37. The molecule has 0 aliphatic carbocycles. The molecule has 2 aromatic rings. The van der Waals surface area contributed by atoms with Gasteiger partial charge in [0, 0.05) is 73.2 Å². The van der Waals surface area contributed by atoms with Crippen molar-refractivity contribution in [3.05, 3.63) is 70.1 Å². The molecule has 0 saturated carbocycles. The fourth-order valence-corrected chi connectivity index (χ4v) is 5.73. The van der Waals surface area contributed by atoms with E-state index in [1.54, 1.807) is 29.3 Å². The van der Waals surface area contributed by atoms with E-state index in [1.165, 1.54) is 6.07 Å². The van der Waals surface area contributed by atoms with Crippen molar-refractivity contribution in [1.29, 1.82) is 0 Å². The Morgan fingerprint density at radius 3 is 2.52 bits per heavy atom. The van der Waals surface area contributed by atoms with Crippen molar-refractivity contribution in [2.45, 2.75) is 32.9 Å². The van der Waals surface area contributed by atoms with E-state index in [1.807, 2.05) is 43.9 Å². The zero-order chi connectivity index (χ0) is 29.6. The van der Waals surface area contributed by atoms with Crippen LogP contribution in [0.4, 0.5) is 26.4 Å². The zero-order valence-electron chi connectivity index (χ0n) is 23.5. The van der Waals surface area contributed by atoms with Gasteiger partial charge in [-0.1, -0.05) is 29.3 Å². The van der Waals surface area contributed by atoms with Crippen molar-refractivity contribution in [3.8, 4) is 22.5 Å².